The molecule has 2 aromatic carbocycles. The topological polar surface area (TPSA) is 78.4 Å². The molecule has 0 saturated carbocycles. The Hall–Kier alpha value is -2.94. The van der Waals surface area contributed by atoms with Crippen molar-refractivity contribution in [3.05, 3.63) is 71.5 Å². The van der Waals surface area contributed by atoms with Crippen molar-refractivity contribution in [2.24, 2.45) is 5.92 Å². The van der Waals surface area contributed by atoms with Crippen molar-refractivity contribution < 1.29 is 32.3 Å². The maximum Gasteiger partial charge on any atom is 0.450 e. The van der Waals surface area contributed by atoms with E-state index in [9.17, 15) is 32.3 Å². The van der Waals surface area contributed by atoms with Gasteiger partial charge in [0.2, 0.25) is 5.78 Å². The lowest BCUT2D eigenvalue weighted by molar-refractivity contribution is -0.190. The van der Waals surface area contributed by atoms with Gasteiger partial charge in [-0.05, 0) is 6.07 Å². The molecule has 1 aliphatic heterocycles. The molecule has 1 saturated heterocycles. The van der Waals surface area contributed by atoms with Gasteiger partial charge in [-0.15, -0.1) is 0 Å². The van der Waals surface area contributed by atoms with Gasteiger partial charge in [0.1, 0.15) is 11.7 Å². The Morgan fingerprint density at radius 2 is 1.63 bits per heavy atom. The van der Waals surface area contributed by atoms with E-state index in [0.717, 1.165) is 12.1 Å². The molecule has 3 N–H and O–H groups in total. The Balaban J connectivity index is 2.21. The molecule has 0 aromatic heterocycles. The summed E-state index contributed by atoms with van der Waals surface area (Å²) in [7, 11) is 0. The van der Waals surface area contributed by atoms with Crippen LogP contribution in [0, 0.1) is 11.7 Å². The number of Topliss-reactive ketones (excluding diaryl/α,β-unsaturated/α-hetero) is 1. The summed E-state index contributed by atoms with van der Waals surface area (Å²) in [4.78, 5) is 24.3. The highest BCUT2D eigenvalue weighted by Crippen LogP contribution is 2.43. The fraction of sp³-hybridized carbons (Fsp3) is 0.222. The molecular weight excluding hydrogens is 368 g/mol. The number of urea groups is 1. The molecule has 142 valence electrons. The highest BCUT2D eigenvalue weighted by molar-refractivity contribution is 5.91. The number of hydrogen-bond acceptors (Lipinski definition) is 3. The summed E-state index contributed by atoms with van der Waals surface area (Å²) in [6.07, 6.45) is -5.32. The number of carbonyl (C=O) groups excluding carboxylic acids is 2. The van der Waals surface area contributed by atoms with Gasteiger partial charge in [-0.3, -0.25) is 4.79 Å². The first-order valence-corrected chi connectivity index (χ1v) is 7.86. The smallest absolute Gasteiger partial charge is 0.366 e. The summed E-state index contributed by atoms with van der Waals surface area (Å²) in [5.74, 6) is -5.47. The van der Waals surface area contributed by atoms with Crippen LogP contribution in [0.2, 0.25) is 0 Å². The second-order valence-corrected chi connectivity index (χ2v) is 6.07. The molecule has 3 atom stereocenters. The Kier molecular flexibility index (Phi) is 4.64. The van der Waals surface area contributed by atoms with E-state index in [1.807, 2.05) is 5.32 Å². The van der Waals surface area contributed by atoms with Crippen LogP contribution in [0.1, 0.15) is 17.2 Å². The largest absolute Gasteiger partial charge is 0.450 e. The van der Waals surface area contributed by atoms with E-state index < -0.39 is 41.5 Å². The Morgan fingerprint density at radius 1 is 1.04 bits per heavy atom. The van der Waals surface area contributed by atoms with Crippen molar-refractivity contribution in [3.8, 4) is 0 Å². The number of amides is 2. The van der Waals surface area contributed by atoms with Crippen molar-refractivity contribution in [2.75, 3.05) is 0 Å². The first-order chi connectivity index (χ1) is 12.6. The quantitative estimate of drug-likeness (QED) is 0.715. The van der Waals surface area contributed by atoms with Gasteiger partial charge in [0, 0.05) is 11.1 Å². The molecular formula is C18H14F4N2O3. The predicted molar refractivity (Wildman–Crippen MR) is 85.7 cm³/mol. The van der Waals surface area contributed by atoms with Gasteiger partial charge in [-0.2, -0.15) is 13.2 Å². The molecule has 0 aliphatic carbocycles. The highest BCUT2D eigenvalue weighted by Gasteiger charge is 2.59. The summed E-state index contributed by atoms with van der Waals surface area (Å²) in [6, 6.07) is 8.94. The van der Waals surface area contributed by atoms with Gasteiger partial charge >= 0.3 is 12.2 Å². The molecule has 2 amide bonds. The minimum atomic E-state index is -5.32. The fourth-order valence-corrected chi connectivity index (χ4v) is 3.20. The van der Waals surface area contributed by atoms with Crippen LogP contribution in [0.15, 0.2) is 54.6 Å². The zero-order valence-corrected chi connectivity index (χ0v) is 13.6. The first-order valence-electron chi connectivity index (χ1n) is 7.86. The van der Waals surface area contributed by atoms with Crippen LogP contribution in [-0.4, -0.2) is 23.1 Å². The van der Waals surface area contributed by atoms with Crippen molar-refractivity contribution in [2.45, 2.75) is 17.9 Å². The molecule has 1 aliphatic rings. The van der Waals surface area contributed by atoms with Crippen LogP contribution in [0.5, 0.6) is 0 Å². The Morgan fingerprint density at radius 3 is 2.22 bits per heavy atom. The van der Waals surface area contributed by atoms with Crippen LogP contribution in [0.4, 0.5) is 22.4 Å². The van der Waals surface area contributed by atoms with Crippen LogP contribution >= 0.6 is 0 Å². The predicted octanol–water partition coefficient (Wildman–Crippen LogP) is 2.77. The molecule has 0 unspecified atom stereocenters. The molecule has 3 rings (SSSR count). The normalized spacial score (nSPS) is 25.4. The summed E-state index contributed by atoms with van der Waals surface area (Å²) >= 11 is 0. The molecule has 1 heterocycles. The molecule has 0 radical (unpaired) electrons. The average molecular weight is 382 g/mol. The third-order valence-electron chi connectivity index (χ3n) is 4.39. The highest BCUT2D eigenvalue weighted by atomic mass is 19.4. The third kappa shape index (κ3) is 3.37. The SMILES string of the molecule is O=C1N[C@H](c2ccccc2F)[C@@H](C(=O)C(F)(F)F)[C@@](O)(c2ccccc2)N1. The second kappa shape index (κ2) is 6.66. The molecule has 9 heteroatoms. The minimum absolute atomic E-state index is 0.135. The zero-order valence-electron chi connectivity index (χ0n) is 13.6. The lowest BCUT2D eigenvalue weighted by Crippen LogP contribution is -2.66. The summed E-state index contributed by atoms with van der Waals surface area (Å²) in [6.45, 7) is 0. The van der Waals surface area contributed by atoms with Gasteiger partial charge in [-0.25, -0.2) is 9.18 Å². The molecule has 0 bridgehead atoms. The first kappa shape index (κ1) is 18.8. The minimum Gasteiger partial charge on any atom is -0.366 e. The molecule has 27 heavy (non-hydrogen) atoms. The van der Waals surface area contributed by atoms with Crippen molar-refractivity contribution in [3.63, 3.8) is 0 Å². The summed E-state index contributed by atoms with van der Waals surface area (Å²) < 4.78 is 54.1. The van der Waals surface area contributed by atoms with E-state index in [2.05, 4.69) is 5.32 Å². The van der Waals surface area contributed by atoms with Gasteiger partial charge in [0.15, 0.2) is 5.72 Å². The molecule has 5 nitrogen and oxygen atoms in total. The second-order valence-electron chi connectivity index (χ2n) is 6.07. The van der Waals surface area contributed by atoms with E-state index in [1.165, 1.54) is 36.4 Å². The fourth-order valence-electron chi connectivity index (χ4n) is 3.20. The standard InChI is InChI=1S/C18H14F4N2O3/c19-12-9-5-4-8-11(12)14-13(15(25)18(20,21)22)17(27,24-16(26)23-14)10-6-2-1-3-7-10/h1-9,13-14,27H,(H2,23,24,26)/t13-,14+,17-/m0/s1. The number of rotatable bonds is 3. The lowest BCUT2D eigenvalue weighted by Gasteiger charge is -2.45. The number of nitrogens with one attached hydrogen (secondary N) is 2. The average Bonchev–Trinajstić information content (AvgIpc) is 2.61. The van der Waals surface area contributed by atoms with Gasteiger partial charge in [0.05, 0.1) is 6.04 Å². The lowest BCUT2D eigenvalue weighted by atomic mass is 9.76. The van der Waals surface area contributed by atoms with E-state index in [0.29, 0.717) is 0 Å². The van der Waals surface area contributed by atoms with E-state index >= 15 is 0 Å². The van der Waals surface area contributed by atoms with Crippen molar-refractivity contribution >= 4 is 11.8 Å². The number of aliphatic hydroxyl groups is 1. The monoisotopic (exact) mass is 382 g/mol. The van der Waals surface area contributed by atoms with Gasteiger partial charge in [-0.1, -0.05) is 48.5 Å². The summed E-state index contributed by atoms with van der Waals surface area (Å²) in [5.41, 5.74) is -3.17. The third-order valence-corrected chi connectivity index (χ3v) is 4.39. The van der Waals surface area contributed by atoms with Crippen LogP contribution in [-0.2, 0) is 10.5 Å². The molecule has 0 spiro atoms. The summed E-state index contributed by atoms with van der Waals surface area (Å²) in [5, 5.41) is 15.1. The number of halogens is 4. The van der Waals surface area contributed by atoms with Crippen LogP contribution < -0.4 is 10.6 Å². The van der Waals surface area contributed by atoms with Gasteiger partial charge < -0.3 is 15.7 Å². The van der Waals surface area contributed by atoms with E-state index in [-0.39, 0.29) is 11.1 Å². The maximum atomic E-state index is 14.2. The van der Waals surface area contributed by atoms with Gasteiger partial charge in [0.25, 0.3) is 0 Å². The van der Waals surface area contributed by atoms with Crippen molar-refractivity contribution in [1.82, 2.24) is 10.6 Å². The maximum absolute atomic E-state index is 14.2. The number of alkyl halides is 3. The Bertz CT molecular complexity index is 872. The van der Waals surface area contributed by atoms with Crippen molar-refractivity contribution in [1.29, 1.82) is 0 Å². The number of ketones is 1. The molecule has 1 fully saturated rings. The molecule has 2 aromatic rings. The number of carbonyl (C=O) groups is 2. The zero-order chi connectivity index (χ0) is 19.8. The van der Waals surface area contributed by atoms with E-state index in [1.54, 1.807) is 6.07 Å². The van der Waals surface area contributed by atoms with Crippen LogP contribution in [0.25, 0.3) is 0 Å². The van der Waals surface area contributed by atoms with Crippen LogP contribution in [0.3, 0.4) is 0 Å². The van der Waals surface area contributed by atoms with E-state index in [4.69, 9.17) is 0 Å². The number of benzene rings is 2. The Labute approximate surface area is 151 Å². The number of hydrogen-bond donors (Lipinski definition) is 3.